The lowest BCUT2D eigenvalue weighted by molar-refractivity contribution is 0.102. The lowest BCUT2D eigenvalue weighted by atomic mass is 10.1. The van der Waals surface area contributed by atoms with Gasteiger partial charge in [-0.3, -0.25) is 9.78 Å². The van der Waals surface area contributed by atoms with Crippen LogP contribution in [0.25, 0.3) is 11.3 Å². The van der Waals surface area contributed by atoms with Gasteiger partial charge in [0, 0.05) is 11.8 Å². The highest BCUT2D eigenvalue weighted by atomic mass is 35.5. The highest BCUT2D eigenvalue weighted by Crippen LogP contribution is 2.26. The molecule has 0 fully saturated rings. The first-order valence-electron chi connectivity index (χ1n) is 7.20. The molecule has 0 atom stereocenters. The number of carbonyl (C=O) groups is 1. The van der Waals surface area contributed by atoms with Crippen LogP contribution >= 0.6 is 11.6 Å². The van der Waals surface area contributed by atoms with Crippen LogP contribution in [-0.4, -0.2) is 10.9 Å². The molecule has 5 heteroatoms. The summed E-state index contributed by atoms with van der Waals surface area (Å²) in [7, 11) is 0. The fourth-order valence-corrected chi connectivity index (χ4v) is 2.49. The van der Waals surface area contributed by atoms with E-state index in [1.165, 1.54) is 12.1 Å². The van der Waals surface area contributed by atoms with E-state index in [1.807, 2.05) is 36.4 Å². The second-order valence-electron chi connectivity index (χ2n) is 5.03. The normalized spacial score (nSPS) is 10.0. The van der Waals surface area contributed by atoms with E-state index in [1.54, 1.807) is 24.4 Å². The highest BCUT2D eigenvalue weighted by molar-refractivity contribution is 6.34. The molecule has 3 aromatic rings. The van der Waals surface area contributed by atoms with E-state index in [-0.39, 0.29) is 16.5 Å². The molecule has 2 aromatic carbocycles. The number of nitrogens with one attached hydrogen (secondary N) is 1. The quantitative estimate of drug-likeness (QED) is 0.766. The second kappa shape index (κ2) is 6.95. The number of nitrogens with zero attached hydrogens (tertiary/aromatic N) is 2. The first kappa shape index (κ1) is 15.7. The Bertz CT molecular complexity index is 933. The van der Waals surface area contributed by atoms with Gasteiger partial charge in [0.15, 0.2) is 0 Å². The maximum absolute atomic E-state index is 12.6. The number of halogens is 1. The first-order chi connectivity index (χ1) is 11.7. The molecular weight excluding hydrogens is 322 g/mol. The van der Waals surface area contributed by atoms with Crippen molar-refractivity contribution in [1.82, 2.24) is 4.98 Å². The molecule has 0 bridgehead atoms. The predicted molar refractivity (Wildman–Crippen MR) is 93.8 cm³/mol. The number of amides is 1. The maximum atomic E-state index is 12.6. The van der Waals surface area contributed by atoms with Gasteiger partial charge in [0.2, 0.25) is 0 Å². The van der Waals surface area contributed by atoms with E-state index >= 15 is 0 Å². The summed E-state index contributed by atoms with van der Waals surface area (Å²) in [6.07, 6.45) is 1.67. The van der Waals surface area contributed by atoms with Crippen molar-refractivity contribution in [3.63, 3.8) is 0 Å². The summed E-state index contributed by atoms with van der Waals surface area (Å²) in [6, 6.07) is 19.7. The molecule has 3 rings (SSSR count). The fraction of sp³-hybridized carbons (Fsp3) is 0. The Balaban J connectivity index is 1.95. The molecule has 0 aliphatic carbocycles. The van der Waals surface area contributed by atoms with Gasteiger partial charge >= 0.3 is 0 Å². The molecule has 24 heavy (non-hydrogen) atoms. The number of pyridine rings is 1. The molecule has 4 nitrogen and oxygen atoms in total. The van der Waals surface area contributed by atoms with Gasteiger partial charge in [0.05, 0.1) is 33.6 Å². The monoisotopic (exact) mass is 333 g/mol. The average Bonchev–Trinajstić information content (AvgIpc) is 2.63. The van der Waals surface area contributed by atoms with Gasteiger partial charge in [-0.1, -0.05) is 41.9 Å². The van der Waals surface area contributed by atoms with Crippen molar-refractivity contribution in [1.29, 1.82) is 5.26 Å². The van der Waals surface area contributed by atoms with Crippen LogP contribution in [-0.2, 0) is 0 Å². The average molecular weight is 334 g/mol. The summed E-state index contributed by atoms with van der Waals surface area (Å²) in [5, 5.41) is 12.1. The van der Waals surface area contributed by atoms with Gasteiger partial charge in [-0.25, -0.2) is 0 Å². The van der Waals surface area contributed by atoms with E-state index in [0.717, 1.165) is 5.56 Å². The standard InChI is InChI=1S/C19H12ClN3O/c20-16-9-8-13(12-21)11-15(16)19(24)23-17-7-4-10-22-18(17)14-5-2-1-3-6-14/h1-11H,(H,23,24). The molecule has 0 aliphatic rings. The van der Waals surface area contributed by atoms with Crippen LogP contribution in [0.5, 0.6) is 0 Å². The van der Waals surface area contributed by atoms with Crippen molar-refractivity contribution < 1.29 is 4.79 Å². The summed E-state index contributed by atoms with van der Waals surface area (Å²) in [5.41, 5.74) is 2.76. The molecule has 0 unspecified atom stereocenters. The lowest BCUT2D eigenvalue weighted by Gasteiger charge is -2.11. The van der Waals surface area contributed by atoms with Crippen LogP contribution in [0, 0.1) is 11.3 Å². The lowest BCUT2D eigenvalue weighted by Crippen LogP contribution is -2.13. The minimum absolute atomic E-state index is 0.249. The van der Waals surface area contributed by atoms with Crippen molar-refractivity contribution >= 4 is 23.2 Å². The van der Waals surface area contributed by atoms with Crippen LogP contribution in [0.1, 0.15) is 15.9 Å². The van der Waals surface area contributed by atoms with E-state index in [9.17, 15) is 4.79 Å². The number of carbonyl (C=O) groups excluding carboxylic acids is 1. The number of rotatable bonds is 3. The van der Waals surface area contributed by atoms with E-state index < -0.39 is 0 Å². The van der Waals surface area contributed by atoms with Gasteiger partial charge in [0.1, 0.15) is 0 Å². The topological polar surface area (TPSA) is 65.8 Å². The van der Waals surface area contributed by atoms with E-state index in [2.05, 4.69) is 10.3 Å². The Morgan fingerprint density at radius 1 is 1.08 bits per heavy atom. The zero-order valence-electron chi connectivity index (χ0n) is 12.5. The third-order valence-electron chi connectivity index (χ3n) is 3.44. The smallest absolute Gasteiger partial charge is 0.257 e. The van der Waals surface area contributed by atoms with Gasteiger partial charge in [-0.2, -0.15) is 5.26 Å². The van der Waals surface area contributed by atoms with Crippen LogP contribution in [0.4, 0.5) is 5.69 Å². The molecule has 0 spiro atoms. The highest BCUT2D eigenvalue weighted by Gasteiger charge is 2.14. The number of hydrogen-bond acceptors (Lipinski definition) is 3. The van der Waals surface area contributed by atoms with Crippen molar-refractivity contribution in [2.24, 2.45) is 0 Å². The van der Waals surface area contributed by atoms with Crippen molar-refractivity contribution in [3.8, 4) is 17.3 Å². The Kier molecular flexibility index (Phi) is 4.55. The van der Waals surface area contributed by atoms with Crippen molar-refractivity contribution in [3.05, 3.63) is 83.0 Å². The molecular formula is C19H12ClN3O. The Hall–Kier alpha value is -3.16. The number of hydrogen-bond donors (Lipinski definition) is 1. The Morgan fingerprint density at radius 3 is 2.62 bits per heavy atom. The van der Waals surface area contributed by atoms with Crippen LogP contribution in [0.3, 0.4) is 0 Å². The Labute approximate surface area is 144 Å². The third-order valence-corrected chi connectivity index (χ3v) is 3.77. The number of anilines is 1. The van der Waals surface area contributed by atoms with Crippen LogP contribution in [0.15, 0.2) is 66.9 Å². The van der Waals surface area contributed by atoms with Crippen molar-refractivity contribution in [2.45, 2.75) is 0 Å². The molecule has 1 N–H and O–H groups in total. The second-order valence-corrected chi connectivity index (χ2v) is 5.43. The predicted octanol–water partition coefficient (Wildman–Crippen LogP) is 4.53. The molecule has 1 aromatic heterocycles. The summed E-state index contributed by atoms with van der Waals surface area (Å²) < 4.78 is 0. The molecule has 0 saturated carbocycles. The maximum Gasteiger partial charge on any atom is 0.257 e. The van der Waals surface area contributed by atoms with Gasteiger partial charge in [0.25, 0.3) is 5.91 Å². The van der Waals surface area contributed by atoms with Crippen molar-refractivity contribution in [2.75, 3.05) is 5.32 Å². The minimum Gasteiger partial charge on any atom is -0.320 e. The van der Waals surface area contributed by atoms with Crippen LogP contribution < -0.4 is 5.32 Å². The van der Waals surface area contributed by atoms with Gasteiger partial charge in [-0.15, -0.1) is 0 Å². The Morgan fingerprint density at radius 2 is 1.88 bits per heavy atom. The zero-order valence-corrected chi connectivity index (χ0v) is 13.3. The first-order valence-corrected chi connectivity index (χ1v) is 7.58. The van der Waals surface area contributed by atoms with Crippen LogP contribution in [0.2, 0.25) is 5.02 Å². The summed E-state index contributed by atoms with van der Waals surface area (Å²) in [6.45, 7) is 0. The molecule has 0 aliphatic heterocycles. The zero-order chi connectivity index (χ0) is 16.9. The summed E-state index contributed by atoms with van der Waals surface area (Å²) in [5.74, 6) is -0.387. The van der Waals surface area contributed by atoms with E-state index in [4.69, 9.17) is 16.9 Å². The molecule has 0 saturated heterocycles. The molecule has 1 heterocycles. The fourth-order valence-electron chi connectivity index (χ4n) is 2.29. The number of aromatic nitrogens is 1. The van der Waals surface area contributed by atoms with E-state index in [0.29, 0.717) is 16.9 Å². The molecule has 1 amide bonds. The minimum atomic E-state index is -0.387. The summed E-state index contributed by atoms with van der Waals surface area (Å²) >= 11 is 6.09. The number of benzene rings is 2. The molecule has 0 radical (unpaired) electrons. The number of nitriles is 1. The third kappa shape index (κ3) is 3.27. The summed E-state index contributed by atoms with van der Waals surface area (Å²) in [4.78, 5) is 16.9. The largest absolute Gasteiger partial charge is 0.320 e. The van der Waals surface area contributed by atoms with Gasteiger partial charge < -0.3 is 5.32 Å². The SMILES string of the molecule is N#Cc1ccc(Cl)c(C(=O)Nc2cccnc2-c2ccccc2)c1. The van der Waals surface area contributed by atoms with Gasteiger partial charge in [-0.05, 0) is 30.3 Å². The molecule has 116 valence electrons.